The van der Waals surface area contributed by atoms with Crippen LogP contribution in [0.5, 0.6) is 0 Å². The van der Waals surface area contributed by atoms with E-state index in [1.165, 1.54) is 0 Å². The number of carbonyl (C=O) groups excluding carboxylic acids is 2. The van der Waals surface area contributed by atoms with E-state index in [-0.39, 0.29) is 37.8 Å². The van der Waals surface area contributed by atoms with Gasteiger partial charge in [-0.3, -0.25) is 4.79 Å². The summed E-state index contributed by atoms with van der Waals surface area (Å²) in [5, 5.41) is 9.65. The van der Waals surface area contributed by atoms with Gasteiger partial charge in [0.05, 0.1) is 0 Å². The normalized spacial score (nSPS) is 14.7. The summed E-state index contributed by atoms with van der Waals surface area (Å²) in [7, 11) is 0. The molecule has 0 fully saturated rings. The average molecular weight is 454 g/mol. The second-order valence-corrected chi connectivity index (χ2v) is 9.40. The molecule has 7 nitrogen and oxygen atoms in total. The molecule has 0 spiro atoms. The number of fused-ring (bicyclic) bond motifs is 3. The number of carboxylic acids is 1. The molecular formula is C26H31NO6. The molecule has 1 aliphatic rings. The number of hydrogen-bond donors (Lipinski definition) is 2. The Hall–Kier alpha value is -3.19. The molecule has 2 aromatic carbocycles. The Morgan fingerprint density at radius 3 is 2.00 bits per heavy atom. The topological polar surface area (TPSA) is 116 Å². The Balaban J connectivity index is 1.62. The molecule has 1 aliphatic carbocycles. The molecule has 1 unspecified atom stereocenters. The highest BCUT2D eigenvalue weighted by molar-refractivity contribution is 6.03. The number of hydrogen-bond acceptors (Lipinski definition) is 6. The molecular weight excluding hydrogens is 422 g/mol. The van der Waals surface area contributed by atoms with Crippen molar-refractivity contribution in [1.82, 2.24) is 0 Å². The molecule has 2 aromatic rings. The third-order valence-corrected chi connectivity index (χ3v) is 5.71. The van der Waals surface area contributed by atoms with Gasteiger partial charge < -0.3 is 20.3 Å². The van der Waals surface area contributed by atoms with E-state index in [0.29, 0.717) is 6.42 Å². The molecule has 33 heavy (non-hydrogen) atoms. The lowest BCUT2D eigenvalue weighted by molar-refractivity contribution is -0.161. The number of esters is 2. The van der Waals surface area contributed by atoms with Crippen LogP contribution >= 0.6 is 0 Å². The molecule has 3 rings (SSSR count). The summed E-state index contributed by atoms with van der Waals surface area (Å²) < 4.78 is 10.7. The van der Waals surface area contributed by atoms with Crippen molar-refractivity contribution in [2.45, 2.75) is 63.5 Å². The van der Waals surface area contributed by atoms with E-state index in [4.69, 9.17) is 15.2 Å². The number of nitrogens with two attached hydrogens (primary N) is 1. The maximum atomic E-state index is 12.8. The zero-order valence-electron chi connectivity index (χ0n) is 19.3. The van der Waals surface area contributed by atoms with Gasteiger partial charge in [-0.2, -0.15) is 0 Å². The Kier molecular flexibility index (Phi) is 7.22. The highest BCUT2D eigenvalue weighted by Gasteiger charge is 2.44. The fourth-order valence-corrected chi connectivity index (χ4v) is 4.09. The number of carboxylic acid groups (broad SMARTS) is 1. The first-order chi connectivity index (χ1) is 15.5. The fourth-order valence-electron chi connectivity index (χ4n) is 4.09. The van der Waals surface area contributed by atoms with Crippen LogP contribution in [0.25, 0.3) is 11.1 Å². The molecule has 0 saturated carbocycles. The van der Waals surface area contributed by atoms with Gasteiger partial charge in [0.25, 0.3) is 0 Å². The van der Waals surface area contributed by atoms with Crippen molar-refractivity contribution in [1.29, 1.82) is 0 Å². The number of benzene rings is 2. The van der Waals surface area contributed by atoms with Crippen molar-refractivity contribution in [3.8, 4) is 11.1 Å². The van der Waals surface area contributed by atoms with Crippen molar-refractivity contribution < 1.29 is 29.0 Å². The minimum Gasteiger partial charge on any atom is -0.479 e. The van der Waals surface area contributed by atoms with Crippen LogP contribution in [0.3, 0.4) is 0 Å². The maximum absolute atomic E-state index is 12.8. The average Bonchev–Trinajstić information content (AvgIpc) is 3.07. The van der Waals surface area contributed by atoms with Gasteiger partial charge in [-0.05, 0) is 62.3 Å². The van der Waals surface area contributed by atoms with Gasteiger partial charge in [-0.25, -0.2) is 9.59 Å². The highest BCUT2D eigenvalue weighted by Crippen LogP contribution is 2.44. The number of aliphatic carboxylic acids is 1. The molecule has 0 bridgehead atoms. The zero-order valence-corrected chi connectivity index (χ0v) is 19.3. The van der Waals surface area contributed by atoms with E-state index >= 15 is 0 Å². The summed E-state index contributed by atoms with van der Waals surface area (Å²) in [5.74, 6) is -2.99. The second-order valence-electron chi connectivity index (χ2n) is 9.40. The van der Waals surface area contributed by atoms with Gasteiger partial charge in [-0.15, -0.1) is 0 Å². The molecule has 1 atom stereocenters. The molecule has 0 saturated heterocycles. The van der Waals surface area contributed by atoms with Gasteiger partial charge >= 0.3 is 17.9 Å². The minimum absolute atomic E-state index is 0.00298. The number of rotatable bonds is 9. The Morgan fingerprint density at radius 1 is 0.939 bits per heavy atom. The van der Waals surface area contributed by atoms with Crippen molar-refractivity contribution in [2.75, 3.05) is 6.61 Å². The molecule has 0 radical (unpaired) electrons. The van der Waals surface area contributed by atoms with Crippen LogP contribution in [0.15, 0.2) is 48.5 Å². The monoisotopic (exact) mass is 453 g/mol. The molecule has 0 aliphatic heterocycles. The van der Waals surface area contributed by atoms with Crippen LogP contribution in [-0.4, -0.2) is 40.8 Å². The van der Waals surface area contributed by atoms with Crippen molar-refractivity contribution >= 4 is 17.9 Å². The first kappa shape index (κ1) is 24.5. The van der Waals surface area contributed by atoms with E-state index in [1.807, 2.05) is 48.5 Å². The van der Waals surface area contributed by atoms with Gasteiger partial charge in [0.15, 0.2) is 0 Å². The van der Waals surface area contributed by atoms with Crippen LogP contribution < -0.4 is 5.73 Å². The summed E-state index contributed by atoms with van der Waals surface area (Å²) in [4.78, 5) is 36.5. The number of unbranched alkanes of at least 4 members (excludes halogenated alkanes) is 1. The predicted octanol–water partition coefficient (Wildman–Crippen LogP) is 4.03. The molecule has 176 valence electrons. The van der Waals surface area contributed by atoms with Crippen molar-refractivity contribution in [2.24, 2.45) is 5.73 Å². The smallest absolute Gasteiger partial charge is 0.337 e. The van der Waals surface area contributed by atoms with Crippen LogP contribution in [0.1, 0.15) is 63.5 Å². The standard InChI is InChI=1S/C26H31NO6/c1-25(2,3)33-22(28)14-8-9-15-26(27,23(29)30)24(31)32-16-21-19-12-6-4-10-17(19)18-11-5-7-13-20(18)21/h4-7,10-13,21H,8-9,14-16,27H2,1-3H3,(H,29,30). The summed E-state index contributed by atoms with van der Waals surface area (Å²) in [6, 6.07) is 15.8. The van der Waals surface area contributed by atoms with Crippen molar-refractivity contribution in [3.05, 3.63) is 59.7 Å². The summed E-state index contributed by atoms with van der Waals surface area (Å²) in [6.07, 6.45) is 0.615. The summed E-state index contributed by atoms with van der Waals surface area (Å²) in [6.45, 7) is 5.32. The lowest BCUT2D eigenvalue weighted by atomic mass is 9.93. The summed E-state index contributed by atoms with van der Waals surface area (Å²) >= 11 is 0. The Morgan fingerprint density at radius 2 is 1.48 bits per heavy atom. The first-order valence-electron chi connectivity index (χ1n) is 11.1. The van der Waals surface area contributed by atoms with Gasteiger partial charge in [0.1, 0.15) is 12.2 Å². The second kappa shape index (κ2) is 9.75. The fraction of sp³-hybridized carbons (Fsp3) is 0.423. The Labute approximate surface area is 193 Å². The van der Waals surface area contributed by atoms with Gasteiger partial charge in [0, 0.05) is 12.3 Å². The van der Waals surface area contributed by atoms with Gasteiger partial charge in [0.2, 0.25) is 5.54 Å². The zero-order chi connectivity index (χ0) is 24.2. The van der Waals surface area contributed by atoms with Crippen LogP contribution in [0.2, 0.25) is 0 Å². The van der Waals surface area contributed by atoms with E-state index in [2.05, 4.69) is 0 Å². The van der Waals surface area contributed by atoms with Crippen molar-refractivity contribution in [3.63, 3.8) is 0 Å². The molecule has 7 heteroatoms. The molecule has 3 N–H and O–H groups in total. The van der Waals surface area contributed by atoms with E-state index in [9.17, 15) is 19.5 Å². The van der Waals surface area contributed by atoms with Gasteiger partial charge in [-0.1, -0.05) is 48.5 Å². The largest absolute Gasteiger partial charge is 0.479 e. The highest BCUT2D eigenvalue weighted by atomic mass is 16.6. The van der Waals surface area contributed by atoms with E-state index in [0.717, 1.165) is 22.3 Å². The third kappa shape index (κ3) is 5.60. The molecule has 0 aromatic heterocycles. The number of ether oxygens (including phenoxy) is 2. The van der Waals surface area contributed by atoms with Crippen LogP contribution in [0, 0.1) is 0 Å². The maximum Gasteiger partial charge on any atom is 0.337 e. The van der Waals surface area contributed by atoms with Crippen LogP contribution in [-0.2, 0) is 23.9 Å². The molecule has 0 heterocycles. The third-order valence-electron chi connectivity index (χ3n) is 5.71. The minimum atomic E-state index is -2.18. The van der Waals surface area contributed by atoms with E-state index < -0.39 is 23.1 Å². The lowest BCUT2D eigenvalue weighted by Gasteiger charge is -2.24. The lowest BCUT2D eigenvalue weighted by Crippen LogP contribution is -2.56. The predicted molar refractivity (Wildman–Crippen MR) is 124 cm³/mol. The molecule has 0 amide bonds. The quantitative estimate of drug-likeness (QED) is 0.335. The SMILES string of the molecule is CC(C)(C)OC(=O)CCCCC(N)(C(=O)O)C(=O)OCC1c2ccccc2-c2ccccc21. The first-order valence-corrected chi connectivity index (χ1v) is 11.1. The number of carbonyl (C=O) groups is 3. The van der Waals surface area contributed by atoms with Crippen LogP contribution in [0.4, 0.5) is 0 Å². The van der Waals surface area contributed by atoms with E-state index in [1.54, 1.807) is 20.8 Å². The Bertz CT molecular complexity index is 996. The summed E-state index contributed by atoms with van der Waals surface area (Å²) in [5.41, 5.74) is 7.44.